The molecule has 0 spiro atoms. The Kier molecular flexibility index (Phi) is 3.73. The average Bonchev–Trinajstić information content (AvgIpc) is 2.83. The molecule has 1 aliphatic heterocycles. The molecule has 2 N–H and O–H groups in total. The number of aliphatic hydroxyl groups is 1. The lowest BCUT2D eigenvalue weighted by Crippen LogP contribution is -2.43. The lowest BCUT2D eigenvalue weighted by molar-refractivity contribution is 0.0611. The molecule has 1 aromatic rings. The smallest absolute Gasteiger partial charge is 0.255 e. The van der Waals surface area contributed by atoms with Gasteiger partial charge in [0.2, 0.25) is 0 Å². The molecular formula is C13H19NO3S. The average molecular weight is 269 g/mol. The van der Waals surface area contributed by atoms with Gasteiger partial charge in [0.1, 0.15) is 11.5 Å². The minimum Gasteiger partial charge on any atom is -0.466 e. The first-order chi connectivity index (χ1) is 8.43. The number of carbonyl (C=O) groups excluding carboxylic acids is 1. The minimum absolute atomic E-state index is 0.160. The Morgan fingerprint density at radius 2 is 2.17 bits per heavy atom. The van der Waals surface area contributed by atoms with E-state index >= 15 is 0 Å². The van der Waals surface area contributed by atoms with Crippen LogP contribution in [0.2, 0.25) is 0 Å². The van der Waals surface area contributed by atoms with Crippen molar-refractivity contribution >= 4 is 17.7 Å². The lowest BCUT2D eigenvalue weighted by atomic mass is 10.0. The largest absolute Gasteiger partial charge is 0.466 e. The zero-order chi connectivity index (χ0) is 13.3. The van der Waals surface area contributed by atoms with Gasteiger partial charge in [-0.1, -0.05) is 0 Å². The topological polar surface area (TPSA) is 62.5 Å². The molecule has 0 radical (unpaired) electrons. The second kappa shape index (κ2) is 4.97. The molecule has 1 unspecified atom stereocenters. The van der Waals surface area contributed by atoms with Crippen LogP contribution in [0.15, 0.2) is 4.42 Å². The summed E-state index contributed by atoms with van der Waals surface area (Å²) in [6, 6.07) is 0. The second-order valence-electron chi connectivity index (χ2n) is 4.92. The Hall–Kier alpha value is -0.940. The van der Waals surface area contributed by atoms with E-state index in [9.17, 15) is 9.90 Å². The molecule has 1 saturated heterocycles. The van der Waals surface area contributed by atoms with Crippen LogP contribution in [0.25, 0.3) is 0 Å². The van der Waals surface area contributed by atoms with Crippen molar-refractivity contribution in [3.8, 4) is 0 Å². The third-order valence-corrected chi connectivity index (χ3v) is 4.68. The quantitative estimate of drug-likeness (QED) is 0.878. The molecule has 1 aromatic heterocycles. The molecule has 0 aromatic carbocycles. The number of aryl methyl sites for hydroxylation is 2. The van der Waals surface area contributed by atoms with Gasteiger partial charge in [0.25, 0.3) is 5.91 Å². The SMILES string of the molecule is Cc1oc(C)c(C(=O)NCC2(O)CCSC2)c1C. The van der Waals surface area contributed by atoms with E-state index in [4.69, 9.17) is 4.42 Å². The highest BCUT2D eigenvalue weighted by Crippen LogP contribution is 2.27. The van der Waals surface area contributed by atoms with Gasteiger partial charge in [0.05, 0.1) is 11.2 Å². The van der Waals surface area contributed by atoms with Gasteiger partial charge in [0.15, 0.2) is 0 Å². The van der Waals surface area contributed by atoms with Gasteiger partial charge in [-0.05, 0) is 32.9 Å². The Morgan fingerprint density at radius 1 is 1.44 bits per heavy atom. The third-order valence-electron chi connectivity index (χ3n) is 3.45. The first kappa shape index (κ1) is 13.5. The standard InChI is InChI=1S/C13H19NO3S/c1-8-9(2)17-10(3)11(8)12(15)14-6-13(16)4-5-18-7-13/h16H,4-7H2,1-3H3,(H,14,15). The van der Waals surface area contributed by atoms with E-state index in [-0.39, 0.29) is 5.91 Å². The van der Waals surface area contributed by atoms with Gasteiger partial charge in [0, 0.05) is 17.9 Å². The molecule has 0 saturated carbocycles. The summed E-state index contributed by atoms with van der Waals surface area (Å²) in [5.74, 6) is 2.89. The molecule has 1 aliphatic rings. The maximum absolute atomic E-state index is 12.1. The van der Waals surface area contributed by atoms with Crippen LogP contribution < -0.4 is 5.32 Å². The van der Waals surface area contributed by atoms with Crippen molar-refractivity contribution in [2.45, 2.75) is 32.8 Å². The summed E-state index contributed by atoms with van der Waals surface area (Å²) in [5, 5.41) is 13.0. The van der Waals surface area contributed by atoms with Crippen molar-refractivity contribution in [3.05, 3.63) is 22.6 Å². The summed E-state index contributed by atoms with van der Waals surface area (Å²) >= 11 is 1.72. The van der Waals surface area contributed by atoms with Gasteiger partial charge in [-0.15, -0.1) is 0 Å². The van der Waals surface area contributed by atoms with Crippen LogP contribution in [-0.2, 0) is 0 Å². The fourth-order valence-electron chi connectivity index (χ4n) is 2.20. The second-order valence-corrected chi connectivity index (χ2v) is 6.03. The van der Waals surface area contributed by atoms with Crippen molar-refractivity contribution in [2.24, 2.45) is 0 Å². The van der Waals surface area contributed by atoms with Crippen LogP contribution in [0.3, 0.4) is 0 Å². The molecular weight excluding hydrogens is 250 g/mol. The van der Waals surface area contributed by atoms with E-state index in [2.05, 4.69) is 5.32 Å². The summed E-state index contributed by atoms with van der Waals surface area (Å²) in [6.07, 6.45) is 0.736. The third kappa shape index (κ3) is 2.57. The first-order valence-corrected chi connectivity index (χ1v) is 7.23. The number of amides is 1. The highest BCUT2D eigenvalue weighted by molar-refractivity contribution is 7.99. The summed E-state index contributed by atoms with van der Waals surface area (Å²) in [6.45, 7) is 5.82. The van der Waals surface area contributed by atoms with E-state index < -0.39 is 5.60 Å². The fraction of sp³-hybridized carbons (Fsp3) is 0.615. The normalized spacial score (nSPS) is 23.3. The number of nitrogens with one attached hydrogen (secondary N) is 1. The van der Waals surface area contributed by atoms with Crippen LogP contribution in [0, 0.1) is 20.8 Å². The van der Waals surface area contributed by atoms with Crippen LogP contribution in [0.5, 0.6) is 0 Å². The maximum Gasteiger partial charge on any atom is 0.255 e. The molecule has 2 heterocycles. The van der Waals surface area contributed by atoms with Gasteiger partial charge < -0.3 is 14.8 Å². The zero-order valence-corrected chi connectivity index (χ0v) is 11.8. The summed E-state index contributed by atoms with van der Waals surface area (Å²) in [5.41, 5.74) is 0.723. The predicted molar refractivity (Wildman–Crippen MR) is 72.1 cm³/mol. The van der Waals surface area contributed by atoms with Crippen molar-refractivity contribution in [1.29, 1.82) is 0 Å². The number of carbonyl (C=O) groups is 1. The van der Waals surface area contributed by atoms with Crippen molar-refractivity contribution in [1.82, 2.24) is 5.32 Å². The van der Waals surface area contributed by atoms with Crippen molar-refractivity contribution < 1.29 is 14.3 Å². The van der Waals surface area contributed by atoms with Crippen LogP contribution in [0.1, 0.15) is 33.9 Å². The number of furan rings is 1. The highest BCUT2D eigenvalue weighted by atomic mass is 32.2. The Bertz CT molecular complexity index is 461. The summed E-state index contributed by atoms with van der Waals surface area (Å²) < 4.78 is 5.44. The molecule has 0 bridgehead atoms. The number of hydrogen-bond donors (Lipinski definition) is 2. The summed E-state index contributed by atoms with van der Waals surface area (Å²) in [4.78, 5) is 12.1. The predicted octanol–water partition coefficient (Wildman–Crippen LogP) is 1.80. The van der Waals surface area contributed by atoms with E-state index in [1.165, 1.54) is 0 Å². The first-order valence-electron chi connectivity index (χ1n) is 6.08. The molecule has 4 nitrogen and oxygen atoms in total. The molecule has 18 heavy (non-hydrogen) atoms. The minimum atomic E-state index is -0.749. The lowest BCUT2D eigenvalue weighted by Gasteiger charge is -2.21. The monoisotopic (exact) mass is 269 g/mol. The van der Waals surface area contributed by atoms with E-state index in [1.807, 2.05) is 13.8 Å². The molecule has 1 amide bonds. The molecule has 0 aliphatic carbocycles. The van der Waals surface area contributed by atoms with Crippen LogP contribution in [-0.4, -0.2) is 34.7 Å². The van der Waals surface area contributed by atoms with Crippen molar-refractivity contribution in [2.75, 3.05) is 18.1 Å². The fourth-order valence-corrected chi connectivity index (χ4v) is 3.49. The summed E-state index contributed by atoms with van der Waals surface area (Å²) in [7, 11) is 0. The Morgan fingerprint density at radius 3 is 2.67 bits per heavy atom. The van der Waals surface area contributed by atoms with Gasteiger partial charge in [-0.25, -0.2) is 0 Å². The van der Waals surface area contributed by atoms with E-state index in [1.54, 1.807) is 18.7 Å². The number of hydrogen-bond acceptors (Lipinski definition) is 4. The Labute approximate surface area is 111 Å². The van der Waals surface area contributed by atoms with Gasteiger partial charge in [-0.2, -0.15) is 11.8 Å². The Balaban J connectivity index is 2.04. The number of rotatable bonds is 3. The highest BCUT2D eigenvalue weighted by Gasteiger charge is 2.32. The van der Waals surface area contributed by atoms with Gasteiger partial charge >= 0.3 is 0 Å². The molecule has 100 valence electrons. The molecule has 5 heteroatoms. The zero-order valence-electron chi connectivity index (χ0n) is 11.0. The maximum atomic E-state index is 12.1. The van der Waals surface area contributed by atoms with E-state index in [0.717, 1.165) is 23.5 Å². The van der Waals surface area contributed by atoms with Crippen LogP contribution >= 0.6 is 11.8 Å². The molecule has 2 rings (SSSR count). The van der Waals surface area contributed by atoms with Crippen molar-refractivity contribution in [3.63, 3.8) is 0 Å². The van der Waals surface area contributed by atoms with Crippen LogP contribution in [0.4, 0.5) is 0 Å². The van der Waals surface area contributed by atoms with E-state index in [0.29, 0.717) is 23.6 Å². The molecule has 1 fully saturated rings. The molecule has 1 atom stereocenters. The number of thioether (sulfide) groups is 1. The van der Waals surface area contributed by atoms with Gasteiger partial charge in [-0.3, -0.25) is 4.79 Å².